The van der Waals surface area contributed by atoms with E-state index in [1.165, 1.54) is 0 Å². The van der Waals surface area contributed by atoms with Gasteiger partial charge in [0, 0.05) is 6.04 Å². The first-order valence-electron chi connectivity index (χ1n) is 3.77. The van der Waals surface area contributed by atoms with Crippen molar-refractivity contribution in [1.29, 1.82) is 0 Å². The predicted octanol–water partition coefficient (Wildman–Crippen LogP) is 0.465. The summed E-state index contributed by atoms with van der Waals surface area (Å²) in [5, 5.41) is 9.19. The van der Waals surface area contributed by atoms with Crippen molar-refractivity contribution < 1.29 is 9.92 Å². The standard InChI is InChI=1S/C6H12N2O3/c7-5-3-1-2-4-6(5)11-8(9)10/h5-6H,1-4,7H2/t5-,6-/m1/s1. The van der Waals surface area contributed by atoms with Crippen molar-refractivity contribution in [3.8, 4) is 0 Å². The van der Waals surface area contributed by atoms with Gasteiger partial charge in [-0.1, -0.05) is 12.8 Å². The molecule has 0 unspecified atom stereocenters. The highest BCUT2D eigenvalue weighted by atomic mass is 17.0. The molecule has 1 saturated carbocycles. The van der Waals surface area contributed by atoms with Crippen molar-refractivity contribution in [2.75, 3.05) is 0 Å². The number of nitrogens with two attached hydrogens (primary N) is 1. The molecule has 11 heavy (non-hydrogen) atoms. The molecule has 0 spiro atoms. The molecule has 0 aromatic rings. The van der Waals surface area contributed by atoms with Gasteiger partial charge in [-0.15, -0.1) is 10.1 Å². The molecular formula is C6H12N2O3. The third kappa shape index (κ3) is 2.34. The molecule has 2 N–H and O–H groups in total. The largest absolute Gasteiger partial charge is 0.326 e. The van der Waals surface area contributed by atoms with Crippen LogP contribution in [0.3, 0.4) is 0 Å². The second kappa shape index (κ2) is 3.52. The number of rotatable bonds is 2. The van der Waals surface area contributed by atoms with Gasteiger partial charge in [0.15, 0.2) is 0 Å². The highest BCUT2D eigenvalue weighted by Gasteiger charge is 2.24. The molecule has 1 aliphatic carbocycles. The van der Waals surface area contributed by atoms with E-state index in [2.05, 4.69) is 4.84 Å². The van der Waals surface area contributed by atoms with Crippen LogP contribution in [0.1, 0.15) is 25.7 Å². The summed E-state index contributed by atoms with van der Waals surface area (Å²) in [5.74, 6) is 0. The van der Waals surface area contributed by atoms with E-state index >= 15 is 0 Å². The molecule has 0 radical (unpaired) electrons. The van der Waals surface area contributed by atoms with Gasteiger partial charge in [-0.25, -0.2) is 0 Å². The van der Waals surface area contributed by atoms with Gasteiger partial charge >= 0.3 is 0 Å². The molecule has 2 atom stereocenters. The molecule has 1 aliphatic rings. The zero-order chi connectivity index (χ0) is 8.27. The van der Waals surface area contributed by atoms with Crippen LogP contribution in [0.4, 0.5) is 0 Å². The van der Waals surface area contributed by atoms with E-state index in [0.717, 1.165) is 19.3 Å². The quantitative estimate of drug-likeness (QED) is 0.470. The van der Waals surface area contributed by atoms with E-state index in [4.69, 9.17) is 5.73 Å². The molecule has 0 aliphatic heterocycles. The van der Waals surface area contributed by atoms with Crippen LogP contribution in [0.2, 0.25) is 0 Å². The number of hydrogen-bond donors (Lipinski definition) is 1. The summed E-state index contributed by atoms with van der Waals surface area (Å²) in [5.41, 5.74) is 5.60. The second-order valence-electron chi connectivity index (χ2n) is 2.82. The fourth-order valence-electron chi connectivity index (χ4n) is 1.37. The summed E-state index contributed by atoms with van der Waals surface area (Å²) in [4.78, 5) is 14.3. The number of hydrogen-bond acceptors (Lipinski definition) is 4. The SMILES string of the molecule is N[C@@H]1CCCC[C@H]1O[N+](=O)[O-]. The van der Waals surface area contributed by atoms with Crippen LogP contribution in [-0.4, -0.2) is 17.2 Å². The van der Waals surface area contributed by atoms with Gasteiger partial charge < -0.3 is 10.6 Å². The fraction of sp³-hybridized carbons (Fsp3) is 1.00. The van der Waals surface area contributed by atoms with Crippen LogP contribution in [0.25, 0.3) is 0 Å². The van der Waals surface area contributed by atoms with Gasteiger partial charge in [-0.05, 0) is 12.8 Å². The summed E-state index contributed by atoms with van der Waals surface area (Å²) in [6.45, 7) is 0. The zero-order valence-electron chi connectivity index (χ0n) is 6.23. The molecule has 1 rings (SSSR count). The third-order valence-electron chi connectivity index (χ3n) is 1.98. The topological polar surface area (TPSA) is 78.4 Å². The van der Waals surface area contributed by atoms with Crippen LogP contribution in [-0.2, 0) is 4.84 Å². The summed E-state index contributed by atoms with van der Waals surface area (Å²) < 4.78 is 0. The average molecular weight is 160 g/mol. The normalized spacial score (nSPS) is 31.4. The van der Waals surface area contributed by atoms with Crippen LogP contribution in [0.5, 0.6) is 0 Å². The Balaban J connectivity index is 2.35. The molecular weight excluding hydrogens is 148 g/mol. The predicted molar refractivity (Wildman–Crippen MR) is 38.3 cm³/mol. The molecule has 0 bridgehead atoms. The summed E-state index contributed by atoms with van der Waals surface area (Å²) >= 11 is 0. The average Bonchev–Trinajstić information content (AvgIpc) is 1.93. The van der Waals surface area contributed by atoms with Gasteiger partial charge in [-0.3, -0.25) is 0 Å². The summed E-state index contributed by atoms with van der Waals surface area (Å²) in [6.07, 6.45) is 3.20. The molecule has 0 aromatic carbocycles. The lowest BCUT2D eigenvalue weighted by Gasteiger charge is -2.25. The Bertz CT molecular complexity index is 151. The minimum atomic E-state index is -0.754. The Morgan fingerprint density at radius 3 is 2.64 bits per heavy atom. The lowest BCUT2D eigenvalue weighted by molar-refractivity contribution is -0.769. The summed E-state index contributed by atoms with van der Waals surface area (Å²) in [7, 11) is 0. The van der Waals surface area contributed by atoms with Crippen molar-refractivity contribution in [1.82, 2.24) is 0 Å². The first kappa shape index (κ1) is 8.26. The fourth-order valence-corrected chi connectivity index (χ4v) is 1.37. The van der Waals surface area contributed by atoms with Gasteiger partial charge in [0.1, 0.15) is 6.10 Å². The van der Waals surface area contributed by atoms with Crippen molar-refractivity contribution >= 4 is 0 Å². The van der Waals surface area contributed by atoms with E-state index in [-0.39, 0.29) is 12.1 Å². The Kier molecular flexibility index (Phi) is 2.64. The summed E-state index contributed by atoms with van der Waals surface area (Å²) in [6, 6.07) is -0.158. The van der Waals surface area contributed by atoms with Crippen molar-refractivity contribution in [2.24, 2.45) is 5.73 Å². The van der Waals surface area contributed by atoms with E-state index in [1.807, 2.05) is 0 Å². The van der Waals surface area contributed by atoms with Crippen molar-refractivity contribution in [3.05, 3.63) is 10.1 Å². The van der Waals surface area contributed by atoms with Gasteiger partial charge in [0.05, 0.1) is 0 Å². The molecule has 5 nitrogen and oxygen atoms in total. The van der Waals surface area contributed by atoms with E-state index in [9.17, 15) is 10.1 Å². The third-order valence-corrected chi connectivity index (χ3v) is 1.98. The first-order valence-corrected chi connectivity index (χ1v) is 3.77. The Hall–Kier alpha value is -0.840. The Morgan fingerprint density at radius 2 is 2.09 bits per heavy atom. The maximum absolute atomic E-state index is 9.94. The van der Waals surface area contributed by atoms with Gasteiger partial charge in [-0.2, -0.15) is 0 Å². The maximum Gasteiger partial charge on any atom is 0.294 e. The Morgan fingerprint density at radius 1 is 1.45 bits per heavy atom. The first-order chi connectivity index (χ1) is 5.20. The van der Waals surface area contributed by atoms with Crippen molar-refractivity contribution in [2.45, 2.75) is 37.8 Å². The molecule has 0 heterocycles. The van der Waals surface area contributed by atoms with E-state index < -0.39 is 5.09 Å². The van der Waals surface area contributed by atoms with Crippen molar-refractivity contribution in [3.63, 3.8) is 0 Å². The molecule has 0 amide bonds. The van der Waals surface area contributed by atoms with Crippen LogP contribution in [0.15, 0.2) is 0 Å². The lowest BCUT2D eigenvalue weighted by Crippen LogP contribution is -2.40. The molecule has 1 fully saturated rings. The van der Waals surface area contributed by atoms with E-state index in [1.54, 1.807) is 0 Å². The van der Waals surface area contributed by atoms with Gasteiger partial charge in [0.2, 0.25) is 0 Å². The molecule has 0 aromatic heterocycles. The Labute approximate surface area is 64.6 Å². The second-order valence-corrected chi connectivity index (χ2v) is 2.82. The van der Waals surface area contributed by atoms with Crippen LogP contribution < -0.4 is 5.73 Å². The molecule has 5 heteroatoms. The monoisotopic (exact) mass is 160 g/mol. The minimum Gasteiger partial charge on any atom is -0.326 e. The lowest BCUT2D eigenvalue weighted by atomic mass is 9.93. The van der Waals surface area contributed by atoms with E-state index in [0.29, 0.717) is 6.42 Å². The highest BCUT2D eigenvalue weighted by molar-refractivity contribution is 4.77. The smallest absolute Gasteiger partial charge is 0.294 e. The molecule has 64 valence electrons. The van der Waals surface area contributed by atoms with Crippen LogP contribution in [0, 0.1) is 10.1 Å². The maximum atomic E-state index is 9.94. The number of nitrogens with zero attached hydrogens (tertiary/aromatic N) is 1. The minimum absolute atomic E-state index is 0.158. The zero-order valence-corrected chi connectivity index (χ0v) is 6.23. The molecule has 0 saturated heterocycles. The highest BCUT2D eigenvalue weighted by Crippen LogP contribution is 2.19. The van der Waals surface area contributed by atoms with Gasteiger partial charge in [0.25, 0.3) is 5.09 Å². The van der Waals surface area contributed by atoms with Crippen LogP contribution >= 0.6 is 0 Å².